The molecule has 1 heterocycles. The lowest BCUT2D eigenvalue weighted by Gasteiger charge is -2.17. The van der Waals surface area contributed by atoms with Gasteiger partial charge in [-0.15, -0.1) is 0 Å². The number of carbonyl (C=O) groups excluding carboxylic acids is 2. The van der Waals surface area contributed by atoms with Crippen LogP contribution in [0.4, 0.5) is 11.4 Å². The van der Waals surface area contributed by atoms with Crippen LogP contribution in [0.2, 0.25) is 0 Å². The van der Waals surface area contributed by atoms with Gasteiger partial charge in [0.05, 0.1) is 11.4 Å². The molecule has 0 atom stereocenters. The Morgan fingerprint density at radius 1 is 1.08 bits per heavy atom. The molecule has 2 aromatic carbocycles. The minimum Gasteiger partial charge on any atom is -0.326 e. The summed E-state index contributed by atoms with van der Waals surface area (Å²) in [7, 11) is -3.82. The van der Waals surface area contributed by atoms with Gasteiger partial charge in [-0.2, -0.15) is 0 Å². The van der Waals surface area contributed by atoms with Crippen molar-refractivity contribution >= 4 is 33.2 Å². The molecule has 0 spiro atoms. The second-order valence-electron chi connectivity index (χ2n) is 5.95. The number of nitrogens with zero attached hydrogens (tertiary/aromatic N) is 1. The fourth-order valence-corrected chi connectivity index (χ4v) is 3.83. The third-order valence-corrected chi connectivity index (χ3v) is 5.50. The molecule has 7 nitrogen and oxygen atoms in total. The summed E-state index contributed by atoms with van der Waals surface area (Å²) in [5.41, 5.74) is 2.41. The number of hydrogen-bond donors (Lipinski definition) is 2. The van der Waals surface area contributed by atoms with Crippen LogP contribution < -0.4 is 14.9 Å². The van der Waals surface area contributed by atoms with E-state index in [1.807, 2.05) is 24.3 Å². The van der Waals surface area contributed by atoms with Crippen LogP contribution in [-0.2, 0) is 26.0 Å². The van der Waals surface area contributed by atoms with Gasteiger partial charge in [-0.25, -0.2) is 13.1 Å². The van der Waals surface area contributed by atoms with Crippen molar-refractivity contribution in [2.24, 2.45) is 0 Å². The molecule has 0 bridgehead atoms. The van der Waals surface area contributed by atoms with E-state index in [1.165, 1.54) is 31.2 Å². The topological polar surface area (TPSA) is 95.6 Å². The maximum atomic E-state index is 12.4. The van der Waals surface area contributed by atoms with Crippen LogP contribution in [-0.4, -0.2) is 33.3 Å². The lowest BCUT2D eigenvalue weighted by atomic mass is 10.2. The van der Waals surface area contributed by atoms with Crippen LogP contribution in [0.3, 0.4) is 0 Å². The number of carbonyl (C=O) groups is 2. The first-order chi connectivity index (χ1) is 12.4. The molecular weight excluding hydrogens is 354 g/mol. The van der Waals surface area contributed by atoms with Crippen molar-refractivity contribution in [3.63, 3.8) is 0 Å². The molecule has 8 heteroatoms. The van der Waals surface area contributed by atoms with E-state index in [2.05, 4.69) is 10.0 Å². The SMILES string of the molecule is CC(=O)Nc1ccc(S(=O)(=O)NCC(=O)N2CCc3ccccc32)cc1. The van der Waals surface area contributed by atoms with Crippen molar-refractivity contribution in [2.45, 2.75) is 18.2 Å². The third-order valence-electron chi connectivity index (χ3n) is 4.09. The van der Waals surface area contributed by atoms with Crippen molar-refractivity contribution in [1.29, 1.82) is 0 Å². The number of amides is 2. The van der Waals surface area contributed by atoms with Crippen LogP contribution >= 0.6 is 0 Å². The molecule has 2 amide bonds. The average Bonchev–Trinajstić information content (AvgIpc) is 3.04. The molecule has 2 aromatic rings. The van der Waals surface area contributed by atoms with Crippen LogP contribution in [0.1, 0.15) is 12.5 Å². The first kappa shape index (κ1) is 18.1. The number of benzene rings is 2. The Balaban J connectivity index is 1.65. The van der Waals surface area contributed by atoms with Gasteiger partial charge in [0.1, 0.15) is 0 Å². The van der Waals surface area contributed by atoms with Crippen molar-refractivity contribution in [3.8, 4) is 0 Å². The zero-order valence-corrected chi connectivity index (χ0v) is 15.0. The lowest BCUT2D eigenvalue weighted by molar-refractivity contribution is -0.117. The number of hydrogen-bond acceptors (Lipinski definition) is 4. The first-order valence-corrected chi connectivity index (χ1v) is 9.61. The van der Waals surface area contributed by atoms with Gasteiger partial charge in [-0.3, -0.25) is 9.59 Å². The fourth-order valence-electron chi connectivity index (χ4n) is 2.85. The van der Waals surface area contributed by atoms with E-state index in [9.17, 15) is 18.0 Å². The summed E-state index contributed by atoms with van der Waals surface area (Å²) in [6.07, 6.45) is 0.763. The Kier molecular flexibility index (Phi) is 5.06. The average molecular weight is 373 g/mol. The minimum atomic E-state index is -3.82. The Bertz CT molecular complexity index is 939. The predicted octanol–water partition coefficient (Wildman–Crippen LogP) is 1.51. The summed E-state index contributed by atoms with van der Waals surface area (Å²) in [5, 5.41) is 2.57. The molecular formula is C18H19N3O4S. The number of anilines is 2. The highest BCUT2D eigenvalue weighted by Crippen LogP contribution is 2.27. The van der Waals surface area contributed by atoms with E-state index in [4.69, 9.17) is 0 Å². The number of fused-ring (bicyclic) bond motifs is 1. The van der Waals surface area contributed by atoms with Crippen LogP contribution in [0, 0.1) is 0 Å². The molecule has 0 fully saturated rings. The summed E-state index contributed by atoms with van der Waals surface area (Å²) >= 11 is 0. The zero-order chi connectivity index (χ0) is 18.7. The summed E-state index contributed by atoms with van der Waals surface area (Å²) in [6, 6.07) is 13.3. The van der Waals surface area contributed by atoms with Gasteiger partial charge in [-0.05, 0) is 42.3 Å². The number of nitrogens with one attached hydrogen (secondary N) is 2. The smallest absolute Gasteiger partial charge is 0.242 e. The van der Waals surface area contributed by atoms with E-state index in [0.29, 0.717) is 12.2 Å². The van der Waals surface area contributed by atoms with Crippen molar-refractivity contribution in [1.82, 2.24) is 4.72 Å². The van der Waals surface area contributed by atoms with E-state index in [0.717, 1.165) is 17.7 Å². The molecule has 1 aliphatic heterocycles. The van der Waals surface area contributed by atoms with E-state index < -0.39 is 10.0 Å². The van der Waals surface area contributed by atoms with Gasteiger partial charge in [0.15, 0.2) is 0 Å². The monoisotopic (exact) mass is 373 g/mol. The van der Waals surface area contributed by atoms with E-state index in [-0.39, 0.29) is 23.3 Å². The van der Waals surface area contributed by atoms with Crippen LogP contribution in [0.25, 0.3) is 0 Å². The highest BCUT2D eigenvalue weighted by Gasteiger charge is 2.25. The van der Waals surface area contributed by atoms with E-state index in [1.54, 1.807) is 4.90 Å². The van der Waals surface area contributed by atoms with Gasteiger partial charge in [0, 0.05) is 24.8 Å². The maximum absolute atomic E-state index is 12.4. The molecule has 0 saturated heterocycles. The van der Waals surface area contributed by atoms with E-state index >= 15 is 0 Å². The standard InChI is InChI=1S/C18H19N3O4S/c1-13(22)20-15-6-8-16(9-7-15)26(24,25)19-12-18(23)21-11-10-14-4-2-3-5-17(14)21/h2-9,19H,10-12H2,1H3,(H,20,22). The van der Waals surface area contributed by atoms with Crippen LogP contribution in [0.5, 0.6) is 0 Å². The van der Waals surface area contributed by atoms with Gasteiger partial charge < -0.3 is 10.2 Å². The van der Waals surface area contributed by atoms with Crippen molar-refractivity contribution in [2.75, 3.05) is 23.3 Å². The molecule has 2 N–H and O–H groups in total. The number of para-hydroxylation sites is 1. The largest absolute Gasteiger partial charge is 0.326 e. The van der Waals surface area contributed by atoms with Gasteiger partial charge in [0.2, 0.25) is 21.8 Å². The summed E-state index contributed by atoms with van der Waals surface area (Å²) < 4.78 is 27.1. The Morgan fingerprint density at radius 3 is 2.46 bits per heavy atom. The third kappa shape index (κ3) is 3.92. The molecule has 1 aliphatic rings. The first-order valence-electron chi connectivity index (χ1n) is 8.12. The highest BCUT2D eigenvalue weighted by molar-refractivity contribution is 7.89. The van der Waals surface area contributed by atoms with Gasteiger partial charge >= 0.3 is 0 Å². The molecule has 0 aliphatic carbocycles. The zero-order valence-electron chi connectivity index (χ0n) is 14.2. The maximum Gasteiger partial charge on any atom is 0.242 e. The van der Waals surface area contributed by atoms with Crippen molar-refractivity contribution < 1.29 is 18.0 Å². The predicted molar refractivity (Wildman–Crippen MR) is 98.4 cm³/mol. The van der Waals surface area contributed by atoms with Gasteiger partial charge in [0.25, 0.3) is 0 Å². The molecule has 26 heavy (non-hydrogen) atoms. The Labute approximate surface area is 152 Å². The molecule has 0 radical (unpaired) electrons. The molecule has 0 saturated carbocycles. The lowest BCUT2D eigenvalue weighted by Crippen LogP contribution is -2.39. The van der Waals surface area contributed by atoms with Crippen LogP contribution in [0.15, 0.2) is 53.4 Å². The molecule has 0 unspecified atom stereocenters. The summed E-state index contributed by atoms with van der Waals surface area (Å²) in [5.74, 6) is -0.538. The number of rotatable bonds is 5. The molecule has 136 valence electrons. The Hall–Kier alpha value is -2.71. The molecule has 3 rings (SSSR count). The molecule has 0 aromatic heterocycles. The minimum absolute atomic E-state index is 0.0289. The fraction of sp³-hybridized carbons (Fsp3) is 0.222. The quantitative estimate of drug-likeness (QED) is 0.830. The second-order valence-corrected chi connectivity index (χ2v) is 7.72. The van der Waals surface area contributed by atoms with Gasteiger partial charge in [-0.1, -0.05) is 18.2 Å². The summed E-state index contributed by atoms with van der Waals surface area (Å²) in [6.45, 7) is 1.60. The Morgan fingerprint density at radius 2 is 1.77 bits per heavy atom. The second kappa shape index (κ2) is 7.27. The normalized spacial score (nSPS) is 13.3. The van der Waals surface area contributed by atoms with Crippen molar-refractivity contribution in [3.05, 3.63) is 54.1 Å². The highest BCUT2D eigenvalue weighted by atomic mass is 32.2. The number of sulfonamides is 1. The summed E-state index contributed by atoms with van der Waals surface area (Å²) in [4.78, 5) is 25.0.